The van der Waals surface area contributed by atoms with Gasteiger partial charge in [-0.3, -0.25) is 0 Å². The zero-order chi connectivity index (χ0) is 14.2. The Balaban J connectivity index is 1.69. The molecule has 1 aromatic carbocycles. The Morgan fingerprint density at radius 2 is 2.00 bits per heavy atom. The third-order valence-corrected chi connectivity index (χ3v) is 3.73. The molecule has 1 heterocycles. The Labute approximate surface area is 125 Å². The number of H-pyrrole nitrogens is 1. The Morgan fingerprint density at radius 3 is 2.80 bits per heavy atom. The first-order valence-corrected chi connectivity index (χ1v) is 7.74. The highest BCUT2D eigenvalue weighted by Crippen LogP contribution is 2.26. The van der Waals surface area contributed by atoms with Crippen LogP contribution in [0.3, 0.4) is 0 Å². The molecule has 20 heavy (non-hydrogen) atoms. The largest absolute Gasteiger partial charge is 0.381 e. The zero-order valence-electron chi connectivity index (χ0n) is 12.0. The standard InChI is InChI=1S/C16H23ClN2O/c1-2-3-10-20-11-6-9-18-12-15-16(17)13-7-4-5-8-14(13)19-15/h4-5,7-8,18-19H,2-3,6,9-12H2,1H3. The number of hydrogen-bond donors (Lipinski definition) is 2. The number of rotatable bonds is 9. The molecule has 0 unspecified atom stereocenters. The van der Waals surface area contributed by atoms with Crippen LogP contribution in [0.2, 0.25) is 5.02 Å². The van der Waals surface area contributed by atoms with Crippen LogP contribution >= 0.6 is 11.6 Å². The molecule has 0 amide bonds. The summed E-state index contributed by atoms with van der Waals surface area (Å²) >= 11 is 6.36. The van der Waals surface area contributed by atoms with Gasteiger partial charge in [-0.2, -0.15) is 0 Å². The van der Waals surface area contributed by atoms with E-state index in [2.05, 4.69) is 17.2 Å². The maximum atomic E-state index is 6.36. The minimum Gasteiger partial charge on any atom is -0.381 e. The summed E-state index contributed by atoms with van der Waals surface area (Å²) in [4.78, 5) is 3.36. The van der Waals surface area contributed by atoms with Gasteiger partial charge in [0.05, 0.1) is 5.02 Å². The van der Waals surface area contributed by atoms with Crippen LogP contribution in [0.25, 0.3) is 10.9 Å². The van der Waals surface area contributed by atoms with Crippen molar-refractivity contribution in [3.8, 4) is 0 Å². The van der Waals surface area contributed by atoms with Crippen molar-refractivity contribution in [2.24, 2.45) is 0 Å². The lowest BCUT2D eigenvalue weighted by atomic mass is 10.2. The highest BCUT2D eigenvalue weighted by Gasteiger charge is 2.07. The molecule has 0 aliphatic rings. The number of aromatic nitrogens is 1. The molecule has 0 bridgehead atoms. The molecule has 2 N–H and O–H groups in total. The van der Waals surface area contributed by atoms with E-state index < -0.39 is 0 Å². The van der Waals surface area contributed by atoms with E-state index in [1.807, 2.05) is 24.3 Å². The van der Waals surface area contributed by atoms with Crippen molar-refractivity contribution in [3.05, 3.63) is 35.0 Å². The van der Waals surface area contributed by atoms with Gasteiger partial charge >= 0.3 is 0 Å². The Bertz CT molecular complexity index is 524. The molecule has 0 aliphatic heterocycles. The summed E-state index contributed by atoms with van der Waals surface area (Å²) in [5, 5.41) is 5.32. The van der Waals surface area contributed by atoms with E-state index in [1.165, 1.54) is 6.42 Å². The van der Waals surface area contributed by atoms with E-state index >= 15 is 0 Å². The highest BCUT2D eigenvalue weighted by molar-refractivity contribution is 6.36. The van der Waals surface area contributed by atoms with Gasteiger partial charge in [0, 0.05) is 36.4 Å². The van der Waals surface area contributed by atoms with Crippen LogP contribution in [0.5, 0.6) is 0 Å². The van der Waals surface area contributed by atoms with Crippen LogP contribution in [0.4, 0.5) is 0 Å². The number of ether oxygens (including phenoxy) is 1. The van der Waals surface area contributed by atoms with Crippen molar-refractivity contribution >= 4 is 22.5 Å². The lowest BCUT2D eigenvalue weighted by Gasteiger charge is -2.05. The topological polar surface area (TPSA) is 37.0 Å². The van der Waals surface area contributed by atoms with Gasteiger partial charge in [-0.25, -0.2) is 0 Å². The number of hydrogen-bond acceptors (Lipinski definition) is 2. The van der Waals surface area contributed by atoms with Crippen molar-refractivity contribution in [2.75, 3.05) is 19.8 Å². The summed E-state index contributed by atoms with van der Waals surface area (Å²) in [6.45, 7) is 5.59. The summed E-state index contributed by atoms with van der Waals surface area (Å²) in [6, 6.07) is 8.11. The minimum atomic E-state index is 0.766. The van der Waals surface area contributed by atoms with E-state index in [-0.39, 0.29) is 0 Å². The fourth-order valence-electron chi connectivity index (χ4n) is 2.15. The van der Waals surface area contributed by atoms with E-state index in [9.17, 15) is 0 Å². The van der Waals surface area contributed by atoms with Gasteiger partial charge in [-0.1, -0.05) is 43.1 Å². The maximum Gasteiger partial charge on any atom is 0.0705 e. The van der Waals surface area contributed by atoms with Crippen LogP contribution in [0, 0.1) is 0 Å². The molecule has 1 aromatic heterocycles. The fourth-order valence-corrected chi connectivity index (χ4v) is 2.43. The number of para-hydroxylation sites is 1. The van der Waals surface area contributed by atoms with Crippen molar-refractivity contribution < 1.29 is 4.74 Å². The molecule has 4 heteroatoms. The van der Waals surface area contributed by atoms with Crippen LogP contribution in [0.1, 0.15) is 31.9 Å². The van der Waals surface area contributed by atoms with Crippen molar-refractivity contribution in [1.29, 1.82) is 0 Å². The van der Waals surface area contributed by atoms with Crippen LogP contribution in [-0.4, -0.2) is 24.7 Å². The smallest absolute Gasteiger partial charge is 0.0705 e. The number of unbranched alkanes of at least 4 members (excludes halogenated alkanes) is 1. The van der Waals surface area contributed by atoms with Gasteiger partial charge in [0.2, 0.25) is 0 Å². The molecule has 3 nitrogen and oxygen atoms in total. The Kier molecular flexibility index (Phi) is 6.37. The first kappa shape index (κ1) is 15.4. The predicted octanol–water partition coefficient (Wildman–Crippen LogP) is 4.12. The zero-order valence-corrected chi connectivity index (χ0v) is 12.8. The Morgan fingerprint density at radius 1 is 1.20 bits per heavy atom. The fraction of sp³-hybridized carbons (Fsp3) is 0.500. The Hall–Kier alpha value is -1.03. The van der Waals surface area contributed by atoms with E-state index in [0.717, 1.165) is 60.8 Å². The van der Waals surface area contributed by atoms with Crippen LogP contribution in [0.15, 0.2) is 24.3 Å². The quantitative estimate of drug-likeness (QED) is 0.683. The third-order valence-electron chi connectivity index (χ3n) is 3.30. The number of halogens is 1. The molecule has 0 aliphatic carbocycles. The molecular weight excluding hydrogens is 272 g/mol. The average Bonchev–Trinajstić information content (AvgIpc) is 2.79. The summed E-state index contributed by atoms with van der Waals surface area (Å²) in [5.41, 5.74) is 2.15. The van der Waals surface area contributed by atoms with E-state index in [1.54, 1.807) is 0 Å². The maximum absolute atomic E-state index is 6.36. The normalized spacial score (nSPS) is 11.3. The second kappa shape index (κ2) is 8.30. The molecule has 0 spiro atoms. The number of fused-ring (bicyclic) bond motifs is 1. The van der Waals surface area contributed by atoms with Crippen LogP contribution in [-0.2, 0) is 11.3 Å². The van der Waals surface area contributed by atoms with Gasteiger partial charge in [0.15, 0.2) is 0 Å². The second-order valence-electron chi connectivity index (χ2n) is 4.96. The molecule has 0 saturated carbocycles. The highest BCUT2D eigenvalue weighted by atomic mass is 35.5. The lowest BCUT2D eigenvalue weighted by Crippen LogP contribution is -2.17. The molecule has 0 atom stereocenters. The van der Waals surface area contributed by atoms with Gasteiger partial charge in [-0.05, 0) is 25.5 Å². The lowest BCUT2D eigenvalue weighted by molar-refractivity contribution is 0.128. The first-order chi connectivity index (χ1) is 9.83. The molecule has 0 saturated heterocycles. The summed E-state index contributed by atoms with van der Waals surface area (Å²) in [7, 11) is 0. The van der Waals surface area contributed by atoms with Gasteiger partial charge in [0.25, 0.3) is 0 Å². The molecule has 2 aromatic rings. The predicted molar refractivity (Wildman–Crippen MR) is 85.4 cm³/mol. The molecule has 0 fully saturated rings. The van der Waals surface area contributed by atoms with E-state index in [4.69, 9.17) is 16.3 Å². The number of nitrogens with one attached hydrogen (secondary N) is 2. The van der Waals surface area contributed by atoms with Crippen LogP contribution < -0.4 is 5.32 Å². The first-order valence-electron chi connectivity index (χ1n) is 7.36. The monoisotopic (exact) mass is 294 g/mol. The summed E-state index contributed by atoms with van der Waals surface area (Å²) in [5.74, 6) is 0. The number of aromatic amines is 1. The van der Waals surface area contributed by atoms with E-state index in [0.29, 0.717) is 0 Å². The van der Waals surface area contributed by atoms with Crippen molar-refractivity contribution in [1.82, 2.24) is 10.3 Å². The molecular formula is C16H23ClN2O. The van der Waals surface area contributed by atoms with Gasteiger partial charge in [0.1, 0.15) is 0 Å². The summed E-state index contributed by atoms with van der Waals surface area (Å²) in [6.07, 6.45) is 3.37. The number of benzene rings is 1. The molecule has 110 valence electrons. The van der Waals surface area contributed by atoms with Gasteiger partial charge < -0.3 is 15.0 Å². The second-order valence-corrected chi connectivity index (χ2v) is 5.34. The minimum absolute atomic E-state index is 0.766. The molecule has 2 rings (SSSR count). The third kappa shape index (κ3) is 4.23. The summed E-state index contributed by atoms with van der Waals surface area (Å²) < 4.78 is 5.52. The SMILES string of the molecule is CCCCOCCCNCc1[nH]c2ccccc2c1Cl. The van der Waals surface area contributed by atoms with Crippen molar-refractivity contribution in [2.45, 2.75) is 32.7 Å². The average molecular weight is 295 g/mol. The van der Waals surface area contributed by atoms with Gasteiger partial charge in [-0.15, -0.1) is 0 Å². The van der Waals surface area contributed by atoms with Crippen molar-refractivity contribution in [3.63, 3.8) is 0 Å². The molecule has 0 radical (unpaired) electrons.